The molecule has 0 atom stereocenters. The molecule has 1 aliphatic heterocycles. The number of piperazine rings is 1. The van der Waals surface area contributed by atoms with Gasteiger partial charge in [0.25, 0.3) is 5.91 Å². The highest BCUT2D eigenvalue weighted by molar-refractivity contribution is 7.99. The van der Waals surface area contributed by atoms with Crippen molar-refractivity contribution < 1.29 is 14.0 Å². The molecule has 38 heavy (non-hydrogen) atoms. The van der Waals surface area contributed by atoms with E-state index in [2.05, 4.69) is 25.7 Å². The molecule has 1 aromatic heterocycles. The monoisotopic (exact) mass is 551 g/mol. The molecular formula is C26H23ClFN7O2S. The van der Waals surface area contributed by atoms with Gasteiger partial charge in [-0.15, -0.1) is 5.10 Å². The summed E-state index contributed by atoms with van der Waals surface area (Å²) < 4.78 is 15.5. The number of carbonyl (C=O) groups excluding carboxylic acids is 2. The molecule has 0 aliphatic carbocycles. The first-order valence-corrected chi connectivity index (χ1v) is 13.2. The molecule has 1 aliphatic rings. The van der Waals surface area contributed by atoms with E-state index in [-0.39, 0.29) is 23.1 Å². The van der Waals surface area contributed by atoms with Crippen molar-refractivity contribution in [2.75, 3.05) is 42.1 Å². The van der Waals surface area contributed by atoms with E-state index < -0.39 is 5.82 Å². The molecule has 4 aromatic rings. The first kappa shape index (κ1) is 25.7. The van der Waals surface area contributed by atoms with E-state index in [4.69, 9.17) is 11.6 Å². The van der Waals surface area contributed by atoms with Crippen LogP contribution < -0.4 is 10.2 Å². The summed E-state index contributed by atoms with van der Waals surface area (Å²) >= 11 is 7.17. The smallest absolute Gasteiger partial charge is 0.256 e. The van der Waals surface area contributed by atoms with Gasteiger partial charge in [-0.05, 0) is 71.1 Å². The Labute approximate surface area is 227 Å². The molecule has 0 bridgehead atoms. The van der Waals surface area contributed by atoms with Gasteiger partial charge in [-0.3, -0.25) is 9.59 Å². The Morgan fingerprint density at radius 1 is 0.921 bits per heavy atom. The SMILES string of the molecule is O=C(CSc1nnnn1-c1ccc(Cl)cc1)Nc1ccc(N2CCN(C(=O)c3ccccc3F)CC2)cc1. The lowest BCUT2D eigenvalue weighted by Gasteiger charge is -2.36. The molecule has 0 radical (unpaired) electrons. The molecule has 12 heteroatoms. The van der Waals surface area contributed by atoms with E-state index in [0.717, 1.165) is 11.4 Å². The molecule has 2 amide bonds. The van der Waals surface area contributed by atoms with Crippen LogP contribution in [0.4, 0.5) is 15.8 Å². The van der Waals surface area contributed by atoms with Crippen LogP contribution in [0.25, 0.3) is 5.69 Å². The lowest BCUT2D eigenvalue weighted by atomic mass is 10.1. The molecule has 0 saturated carbocycles. The maximum atomic E-state index is 14.0. The molecule has 3 aromatic carbocycles. The van der Waals surface area contributed by atoms with Crippen molar-refractivity contribution in [3.8, 4) is 5.69 Å². The molecule has 2 heterocycles. The lowest BCUT2D eigenvalue weighted by Crippen LogP contribution is -2.49. The van der Waals surface area contributed by atoms with Crippen LogP contribution in [-0.4, -0.2) is 68.9 Å². The van der Waals surface area contributed by atoms with Crippen molar-refractivity contribution in [2.45, 2.75) is 5.16 Å². The highest BCUT2D eigenvalue weighted by Gasteiger charge is 2.24. The molecular weight excluding hydrogens is 529 g/mol. The minimum Gasteiger partial charge on any atom is -0.368 e. The molecule has 0 spiro atoms. The van der Waals surface area contributed by atoms with E-state index in [1.54, 1.807) is 46.0 Å². The average Bonchev–Trinajstić information content (AvgIpc) is 3.41. The minimum atomic E-state index is -0.504. The third-order valence-corrected chi connectivity index (χ3v) is 7.20. The van der Waals surface area contributed by atoms with Gasteiger partial charge in [0.1, 0.15) is 5.82 Å². The Morgan fingerprint density at radius 2 is 1.61 bits per heavy atom. The summed E-state index contributed by atoms with van der Waals surface area (Å²) in [5.74, 6) is -0.848. The number of nitrogens with zero attached hydrogens (tertiary/aromatic N) is 6. The fourth-order valence-electron chi connectivity index (χ4n) is 4.07. The standard InChI is InChI=1S/C26H23ClFN7O2S/c27-18-5-9-21(10-6-18)35-26(30-31-32-35)38-17-24(36)29-19-7-11-20(12-8-19)33-13-15-34(16-14-33)25(37)22-3-1-2-4-23(22)28/h1-12H,13-17H2,(H,29,36). The zero-order valence-electron chi connectivity index (χ0n) is 20.1. The van der Waals surface area contributed by atoms with Gasteiger partial charge in [-0.2, -0.15) is 4.68 Å². The Morgan fingerprint density at radius 3 is 2.32 bits per heavy atom. The van der Waals surface area contributed by atoms with Crippen molar-refractivity contribution >= 4 is 46.6 Å². The number of aromatic nitrogens is 4. The zero-order valence-corrected chi connectivity index (χ0v) is 21.7. The van der Waals surface area contributed by atoms with Crippen LogP contribution in [0.5, 0.6) is 0 Å². The van der Waals surface area contributed by atoms with Crippen molar-refractivity contribution in [3.63, 3.8) is 0 Å². The van der Waals surface area contributed by atoms with Crippen molar-refractivity contribution in [2.24, 2.45) is 0 Å². The Hall–Kier alpha value is -3.96. The summed E-state index contributed by atoms with van der Waals surface area (Å²) in [5.41, 5.74) is 2.50. The van der Waals surface area contributed by atoms with Crippen LogP contribution in [0, 0.1) is 5.82 Å². The van der Waals surface area contributed by atoms with E-state index in [0.29, 0.717) is 42.0 Å². The van der Waals surface area contributed by atoms with E-state index in [1.165, 1.54) is 23.9 Å². The number of anilines is 2. The highest BCUT2D eigenvalue weighted by Crippen LogP contribution is 2.23. The number of amides is 2. The number of tetrazole rings is 1. The zero-order chi connectivity index (χ0) is 26.5. The number of halogens is 2. The third kappa shape index (κ3) is 5.95. The van der Waals surface area contributed by atoms with Gasteiger partial charge in [-0.25, -0.2) is 4.39 Å². The van der Waals surface area contributed by atoms with Crippen molar-refractivity contribution in [1.29, 1.82) is 0 Å². The average molecular weight is 552 g/mol. The second-order valence-corrected chi connectivity index (χ2v) is 9.87. The third-order valence-electron chi connectivity index (χ3n) is 6.03. The van der Waals surface area contributed by atoms with Crippen molar-refractivity contribution in [1.82, 2.24) is 25.1 Å². The second-order valence-electron chi connectivity index (χ2n) is 8.49. The van der Waals surface area contributed by atoms with Gasteiger partial charge < -0.3 is 15.1 Å². The number of thioether (sulfide) groups is 1. The number of benzene rings is 3. The first-order valence-electron chi connectivity index (χ1n) is 11.8. The minimum absolute atomic E-state index is 0.0979. The molecule has 1 N–H and O–H groups in total. The maximum absolute atomic E-state index is 14.0. The van der Waals surface area contributed by atoms with Gasteiger partial charge in [0.15, 0.2) is 0 Å². The topological polar surface area (TPSA) is 96.2 Å². The fourth-order valence-corrected chi connectivity index (χ4v) is 4.89. The summed E-state index contributed by atoms with van der Waals surface area (Å²) in [6.07, 6.45) is 0. The second kappa shape index (κ2) is 11.6. The van der Waals surface area contributed by atoms with E-state index >= 15 is 0 Å². The first-order chi connectivity index (χ1) is 18.5. The Balaban J connectivity index is 1.11. The quantitative estimate of drug-likeness (QED) is 0.345. The van der Waals surface area contributed by atoms with Crippen LogP contribution >= 0.6 is 23.4 Å². The summed E-state index contributed by atoms with van der Waals surface area (Å²) in [6.45, 7) is 2.26. The van der Waals surface area contributed by atoms with Gasteiger partial charge >= 0.3 is 0 Å². The van der Waals surface area contributed by atoms with Gasteiger partial charge in [0.05, 0.1) is 17.0 Å². The van der Waals surface area contributed by atoms with Crippen LogP contribution in [0.1, 0.15) is 10.4 Å². The molecule has 5 rings (SSSR count). The number of carbonyl (C=O) groups is 2. The molecule has 0 unspecified atom stereocenters. The largest absolute Gasteiger partial charge is 0.368 e. The summed E-state index contributed by atoms with van der Waals surface area (Å²) in [6, 6.07) is 20.7. The Bertz CT molecular complexity index is 1420. The predicted molar refractivity (Wildman–Crippen MR) is 144 cm³/mol. The van der Waals surface area contributed by atoms with Crippen molar-refractivity contribution in [3.05, 3.63) is 89.2 Å². The number of nitrogens with one attached hydrogen (secondary N) is 1. The number of hydrogen-bond acceptors (Lipinski definition) is 7. The fraction of sp³-hybridized carbons (Fsp3) is 0.192. The molecule has 1 saturated heterocycles. The van der Waals surface area contributed by atoms with Crippen LogP contribution in [0.15, 0.2) is 78.0 Å². The molecule has 9 nitrogen and oxygen atoms in total. The highest BCUT2D eigenvalue weighted by atomic mass is 35.5. The van der Waals surface area contributed by atoms with Gasteiger partial charge in [0, 0.05) is 42.6 Å². The summed E-state index contributed by atoms with van der Waals surface area (Å²) in [5, 5.41) is 15.7. The van der Waals surface area contributed by atoms with E-state index in [9.17, 15) is 14.0 Å². The normalized spacial score (nSPS) is 13.4. The van der Waals surface area contributed by atoms with Crippen LogP contribution in [0.2, 0.25) is 5.02 Å². The number of rotatable bonds is 7. The Kier molecular flexibility index (Phi) is 7.85. The summed E-state index contributed by atoms with van der Waals surface area (Å²) in [7, 11) is 0. The van der Waals surface area contributed by atoms with Gasteiger partial charge in [0.2, 0.25) is 11.1 Å². The predicted octanol–water partition coefficient (Wildman–Crippen LogP) is 4.15. The van der Waals surface area contributed by atoms with Crippen LogP contribution in [-0.2, 0) is 4.79 Å². The lowest BCUT2D eigenvalue weighted by molar-refractivity contribution is -0.113. The number of hydrogen-bond donors (Lipinski definition) is 1. The van der Waals surface area contributed by atoms with Crippen LogP contribution in [0.3, 0.4) is 0 Å². The maximum Gasteiger partial charge on any atom is 0.256 e. The van der Waals surface area contributed by atoms with E-state index in [1.807, 2.05) is 24.3 Å². The summed E-state index contributed by atoms with van der Waals surface area (Å²) in [4.78, 5) is 29.0. The molecule has 1 fully saturated rings. The molecule has 194 valence electrons. The van der Waals surface area contributed by atoms with Gasteiger partial charge in [-0.1, -0.05) is 35.5 Å².